The number of amides is 2. The standard InChI is InChI=1S/C13H12F4N2O2/c14-8-3-1-7(2-4-8)11(13(15,16)17)19-12(21)9-5-6-10(20)18-9/h1-4,9,11H,5-6H2,(H,18,20)(H,19,21)/t9-,11-/m0/s1. The third-order valence-corrected chi connectivity index (χ3v) is 3.13. The molecule has 1 saturated heterocycles. The predicted octanol–water partition coefficient (Wildman–Crippen LogP) is 1.82. The van der Waals surface area contributed by atoms with Gasteiger partial charge in [0.2, 0.25) is 11.8 Å². The van der Waals surface area contributed by atoms with Crippen molar-refractivity contribution in [2.24, 2.45) is 0 Å². The van der Waals surface area contributed by atoms with Crippen LogP contribution in [-0.2, 0) is 9.59 Å². The highest BCUT2D eigenvalue weighted by molar-refractivity contribution is 5.91. The quantitative estimate of drug-likeness (QED) is 0.837. The molecule has 0 aliphatic carbocycles. The highest BCUT2D eigenvalue weighted by Crippen LogP contribution is 2.33. The molecule has 8 heteroatoms. The van der Waals surface area contributed by atoms with Crippen LogP contribution in [0.2, 0.25) is 0 Å². The van der Waals surface area contributed by atoms with E-state index in [-0.39, 0.29) is 24.3 Å². The van der Waals surface area contributed by atoms with E-state index in [9.17, 15) is 27.2 Å². The zero-order chi connectivity index (χ0) is 15.6. The molecule has 1 aromatic rings. The van der Waals surface area contributed by atoms with Crippen molar-refractivity contribution in [2.75, 3.05) is 0 Å². The van der Waals surface area contributed by atoms with E-state index in [4.69, 9.17) is 0 Å². The highest BCUT2D eigenvalue weighted by atomic mass is 19.4. The van der Waals surface area contributed by atoms with Crippen LogP contribution in [0.15, 0.2) is 24.3 Å². The van der Waals surface area contributed by atoms with Crippen LogP contribution >= 0.6 is 0 Å². The van der Waals surface area contributed by atoms with E-state index < -0.39 is 30.0 Å². The highest BCUT2D eigenvalue weighted by Gasteiger charge is 2.43. The monoisotopic (exact) mass is 304 g/mol. The van der Waals surface area contributed by atoms with Gasteiger partial charge in [0.15, 0.2) is 6.04 Å². The fraction of sp³-hybridized carbons (Fsp3) is 0.385. The van der Waals surface area contributed by atoms with Gasteiger partial charge < -0.3 is 10.6 Å². The average Bonchev–Trinajstić information content (AvgIpc) is 2.82. The summed E-state index contributed by atoms with van der Waals surface area (Å²) < 4.78 is 51.9. The van der Waals surface area contributed by atoms with E-state index in [1.807, 2.05) is 5.32 Å². The normalized spacial score (nSPS) is 20.0. The Balaban J connectivity index is 2.15. The molecule has 2 rings (SSSR count). The first-order valence-corrected chi connectivity index (χ1v) is 6.19. The second-order valence-corrected chi connectivity index (χ2v) is 4.69. The smallest absolute Gasteiger partial charge is 0.344 e. The number of hydrogen-bond acceptors (Lipinski definition) is 2. The maximum atomic E-state index is 13.0. The molecule has 1 fully saturated rings. The van der Waals surface area contributed by atoms with Crippen molar-refractivity contribution in [2.45, 2.75) is 31.1 Å². The zero-order valence-electron chi connectivity index (χ0n) is 10.7. The summed E-state index contributed by atoms with van der Waals surface area (Å²) in [6.45, 7) is 0. The van der Waals surface area contributed by atoms with Crippen LogP contribution in [0.5, 0.6) is 0 Å². The first-order chi connectivity index (χ1) is 9.77. The lowest BCUT2D eigenvalue weighted by Gasteiger charge is -2.23. The topological polar surface area (TPSA) is 58.2 Å². The molecule has 1 aliphatic rings. The van der Waals surface area contributed by atoms with Crippen LogP contribution in [0.4, 0.5) is 17.6 Å². The first kappa shape index (κ1) is 15.3. The third kappa shape index (κ3) is 3.71. The van der Waals surface area contributed by atoms with Gasteiger partial charge in [-0.25, -0.2) is 4.39 Å². The number of benzene rings is 1. The van der Waals surface area contributed by atoms with Crippen LogP contribution < -0.4 is 10.6 Å². The number of halogens is 4. The third-order valence-electron chi connectivity index (χ3n) is 3.13. The number of rotatable bonds is 3. The van der Waals surface area contributed by atoms with Crippen molar-refractivity contribution in [1.29, 1.82) is 0 Å². The lowest BCUT2D eigenvalue weighted by Crippen LogP contribution is -2.46. The van der Waals surface area contributed by atoms with E-state index in [1.165, 1.54) is 0 Å². The van der Waals surface area contributed by atoms with Crippen LogP contribution in [0.3, 0.4) is 0 Å². The van der Waals surface area contributed by atoms with E-state index in [0.717, 1.165) is 24.3 Å². The minimum atomic E-state index is -4.73. The first-order valence-electron chi connectivity index (χ1n) is 6.19. The Morgan fingerprint density at radius 3 is 2.38 bits per heavy atom. The number of nitrogens with one attached hydrogen (secondary N) is 2. The zero-order valence-corrected chi connectivity index (χ0v) is 10.7. The van der Waals surface area contributed by atoms with Gasteiger partial charge in [-0.2, -0.15) is 13.2 Å². The second-order valence-electron chi connectivity index (χ2n) is 4.69. The molecular formula is C13H12F4N2O2. The number of carbonyl (C=O) groups is 2. The minimum absolute atomic E-state index is 0.102. The summed E-state index contributed by atoms with van der Waals surface area (Å²) in [7, 11) is 0. The maximum Gasteiger partial charge on any atom is 0.412 e. The van der Waals surface area contributed by atoms with Gasteiger partial charge >= 0.3 is 6.18 Å². The average molecular weight is 304 g/mol. The molecule has 0 radical (unpaired) electrons. The Hall–Kier alpha value is -2.12. The summed E-state index contributed by atoms with van der Waals surface area (Å²) in [4.78, 5) is 22.8. The summed E-state index contributed by atoms with van der Waals surface area (Å²) in [5.74, 6) is -1.96. The molecule has 2 N–H and O–H groups in total. The molecule has 0 unspecified atom stereocenters. The van der Waals surface area contributed by atoms with E-state index in [2.05, 4.69) is 5.32 Å². The summed E-state index contributed by atoms with van der Waals surface area (Å²) in [6.07, 6.45) is -4.47. The molecule has 1 heterocycles. The van der Waals surface area contributed by atoms with Gasteiger partial charge in [-0.1, -0.05) is 12.1 Å². The number of hydrogen-bond donors (Lipinski definition) is 2. The molecule has 0 bridgehead atoms. The molecule has 2 amide bonds. The minimum Gasteiger partial charge on any atom is -0.344 e. The lowest BCUT2D eigenvalue weighted by atomic mass is 10.1. The number of alkyl halides is 3. The van der Waals surface area contributed by atoms with Crippen molar-refractivity contribution in [3.63, 3.8) is 0 Å². The molecular weight excluding hydrogens is 292 g/mol. The van der Waals surface area contributed by atoms with Crippen molar-refractivity contribution in [3.8, 4) is 0 Å². The Kier molecular flexibility index (Phi) is 4.15. The van der Waals surface area contributed by atoms with E-state index in [1.54, 1.807) is 0 Å². The summed E-state index contributed by atoms with van der Waals surface area (Å²) in [5.41, 5.74) is -0.276. The maximum absolute atomic E-state index is 13.0. The van der Waals surface area contributed by atoms with Gasteiger partial charge in [0.25, 0.3) is 0 Å². The van der Waals surface area contributed by atoms with Gasteiger partial charge in [-0.15, -0.1) is 0 Å². The predicted molar refractivity (Wildman–Crippen MR) is 64.5 cm³/mol. The Bertz CT molecular complexity index is 542. The van der Waals surface area contributed by atoms with Crippen molar-refractivity contribution in [1.82, 2.24) is 10.6 Å². The lowest BCUT2D eigenvalue weighted by molar-refractivity contribution is -0.164. The Labute approximate surface area is 117 Å². The fourth-order valence-corrected chi connectivity index (χ4v) is 2.06. The Morgan fingerprint density at radius 2 is 1.90 bits per heavy atom. The summed E-state index contributed by atoms with van der Waals surface area (Å²) >= 11 is 0. The van der Waals surface area contributed by atoms with Crippen LogP contribution in [-0.4, -0.2) is 24.0 Å². The second kappa shape index (κ2) is 5.71. The van der Waals surface area contributed by atoms with Gasteiger partial charge in [-0.05, 0) is 24.1 Å². The van der Waals surface area contributed by atoms with Gasteiger partial charge in [0.1, 0.15) is 11.9 Å². The largest absolute Gasteiger partial charge is 0.412 e. The van der Waals surface area contributed by atoms with Crippen molar-refractivity contribution >= 4 is 11.8 Å². The fourth-order valence-electron chi connectivity index (χ4n) is 2.06. The Morgan fingerprint density at radius 1 is 1.29 bits per heavy atom. The number of carbonyl (C=O) groups excluding carboxylic acids is 2. The molecule has 0 spiro atoms. The summed E-state index contributed by atoms with van der Waals surface area (Å²) in [6, 6.07) is 0.475. The molecule has 2 atom stereocenters. The molecule has 114 valence electrons. The van der Waals surface area contributed by atoms with Gasteiger partial charge in [-0.3, -0.25) is 9.59 Å². The van der Waals surface area contributed by atoms with Crippen molar-refractivity contribution in [3.05, 3.63) is 35.6 Å². The van der Waals surface area contributed by atoms with Crippen LogP contribution in [0, 0.1) is 5.82 Å². The van der Waals surface area contributed by atoms with Gasteiger partial charge in [0, 0.05) is 6.42 Å². The molecule has 0 aromatic heterocycles. The van der Waals surface area contributed by atoms with Gasteiger partial charge in [0.05, 0.1) is 0 Å². The molecule has 1 aliphatic heterocycles. The van der Waals surface area contributed by atoms with Crippen molar-refractivity contribution < 1.29 is 27.2 Å². The van der Waals surface area contributed by atoms with Crippen LogP contribution in [0.25, 0.3) is 0 Å². The molecule has 4 nitrogen and oxygen atoms in total. The summed E-state index contributed by atoms with van der Waals surface area (Å²) in [5, 5.41) is 4.15. The molecule has 1 aromatic carbocycles. The van der Waals surface area contributed by atoms with E-state index in [0.29, 0.717) is 0 Å². The van der Waals surface area contributed by atoms with Crippen LogP contribution in [0.1, 0.15) is 24.4 Å². The molecule has 0 saturated carbocycles. The SMILES string of the molecule is O=C1CC[C@@H](C(=O)N[C@@H](c2ccc(F)cc2)C(F)(F)F)N1. The molecule has 21 heavy (non-hydrogen) atoms. The van der Waals surface area contributed by atoms with E-state index >= 15 is 0 Å².